The van der Waals surface area contributed by atoms with Gasteiger partial charge in [0.1, 0.15) is 6.10 Å². The fourth-order valence-electron chi connectivity index (χ4n) is 3.39. The number of unbranched alkanes of at least 4 members (excludes halogenated alkanes) is 2. The smallest absolute Gasteiger partial charge is 0.306 e. The molecule has 0 radical (unpaired) electrons. The Kier molecular flexibility index (Phi) is 8.00. The molecule has 1 saturated carbocycles. The summed E-state index contributed by atoms with van der Waals surface area (Å²) < 4.78 is 5.59. The number of hydrogen-bond donors (Lipinski definition) is 2. The summed E-state index contributed by atoms with van der Waals surface area (Å²) in [5, 5.41) is 20.2. The Labute approximate surface area is 145 Å². The van der Waals surface area contributed by atoms with E-state index in [4.69, 9.17) is 4.74 Å². The fraction of sp³-hybridized carbons (Fsp3) is 0.750. The first-order chi connectivity index (χ1) is 11.6. The Hall–Kier alpha value is -1.13. The van der Waals surface area contributed by atoms with Crippen molar-refractivity contribution in [1.29, 1.82) is 0 Å². The van der Waals surface area contributed by atoms with E-state index in [-0.39, 0.29) is 23.9 Å². The monoisotopic (exact) mass is 336 g/mol. The van der Waals surface area contributed by atoms with Crippen LogP contribution in [0.3, 0.4) is 0 Å². The molecule has 5 atom stereocenters. The second kappa shape index (κ2) is 10.00. The van der Waals surface area contributed by atoms with Crippen LogP contribution in [0.1, 0.15) is 64.7 Å². The highest BCUT2D eigenvalue weighted by molar-refractivity contribution is 5.69. The lowest BCUT2D eigenvalue weighted by Crippen LogP contribution is -2.22. The lowest BCUT2D eigenvalue weighted by molar-refractivity contribution is -0.150. The van der Waals surface area contributed by atoms with Crippen molar-refractivity contribution in [2.75, 3.05) is 0 Å². The number of carbonyl (C=O) groups is 1. The van der Waals surface area contributed by atoms with Crippen LogP contribution in [-0.4, -0.2) is 34.5 Å². The summed E-state index contributed by atoms with van der Waals surface area (Å²) in [5.41, 5.74) is 0. The highest BCUT2D eigenvalue weighted by atomic mass is 16.5. The molecule has 2 N–H and O–H groups in total. The van der Waals surface area contributed by atoms with Crippen molar-refractivity contribution in [3.63, 3.8) is 0 Å². The van der Waals surface area contributed by atoms with Crippen molar-refractivity contribution < 1.29 is 19.7 Å². The van der Waals surface area contributed by atoms with Crippen LogP contribution in [0.5, 0.6) is 0 Å². The average molecular weight is 336 g/mol. The van der Waals surface area contributed by atoms with Gasteiger partial charge in [0.05, 0.1) is 12.2 Å². The summed E-state index contributed by atoms with van der Waals surface area (Å²) in [6, 6.07) is 0. The lowest BCUT2D eigenvalue weighted by atomic mass is 10.1. The first kappa shape index (κ1) is 19.2. The molecule has 0 aromatic rings. The summed E-state index contributed by atoms with van der Waals surface area (Å²) in [6.07, 6.45) is 14.4. The van der Waals surface area contributed by atoms with E-state index >= 15 is 0 Å². The van der Waals surface area contributed by atoms with Gasteiger partial charge in [-0.3, -0.25) is 4.79 Å². The van der Waals surface area contributed by atoms with Gasteiger partial charge in [0.2, 0.25) is 0 Å². The summed E-state index contributed by atoms with van der Waals surface area (Å²) in [6.45, 7) is 2.14. The standard InChI is InChI=1S/C20H32O4/c1-2-3-6-9-15(21)12-13-18(22)16-14-17(16)19-10-7-4-5-8-11-20(23)24-19/h4,7,12-13,15-19,21-22H,2-3,5-6,8-11,14H2,1H3/b7-4-,13-12+/t15-,16-,17-,18+,19+/m1/s1. The number of hydrogen-bond acceptors (Lipinski definition) is 4. The van der Waals surface area contributed by atoms with Crippen LogP contribution < -0.4 is 0 Å². The number of carbonyl (C=O) groups excluding carboxylic acids is 1. The minimum atomic E-state index is -0.564. The van der Waals surface area contributed by atoms with Gasteiger partial charge in [0.15, 0.2) is 0 Å². The van der Waals surface area contributed by atoms with Crippen LogP contribution in [0.15, 0.2) is 24.3 Å². The summed E-state index contributed by atoms with van der Waals surface area (Å²) in [4.78, 5) is 11.8. The first-order valence-corrected chi connectivity index (χ1v) is 9.50. The zero-order chi connectivity index (χ0) is 17.4. The van der Waals surface area contributed by atoms with Crippen molar-refractivity contribution in [2.24, 2.45) is 11.8 Å². The molecule has 0 aromatic heterocycles. The molecule has 1 fully saturated rings. The second-order valence-corrected chi connectivity index (χ2v) is 7.13. The van der Waals surface area contributed by atoms with Crippen molar-refractivity contribution in [3.05, 3.63) is 24.3 Å². The molecule has 0 saturated heterocycles. The van der Waals surface area contributed by atoms with E-state index in [2.05, 4.69) is 19.1 Å². The fourth-order valence-corrected chi connectivity index (χ4v) is 3.39. The van der Waals surface area contributed by atoms with Crippen molar-refractivity contribution in [2.45, 2.75) is 83.0 Å². The Bertz CT molecular complexity index is 443. The van der Waals surface area contributed by atoms with Crippen LogP contribution in [0.2, 0.25) is 0 Å². The number of ether oxygens (including phenoxy) is 1. The minimum Gasteiger partial charge on any atom is -0.462 e. The molecule has 0 aromatic carbocycles. The third-order valence-electron chi connectivity index (χ3n) is 5.01. The molecule has 0 bridgehead atoms. The van der Waals surface area contributed by atoms with E-state index in [0.717, 1.165) is 51.4 Å². The molecule has 4 nitrogen and oxygen atoms in total. The highest BCUT2D eigenvalue weighted by Crippen LogP contribution is 2.46. The minimum absolute atomic E-state index is 0.116. The zero-order valence-corrected chi connectivity index (χ0v) is 14.8. The molecular formula is C20H32O4. The molecule has 0 spiro atoms. The Morgan fingerprint density at radius 1 is 1.29 bits per heavy atom. The van der Waals surface area contributed by atoms with Gasteiger partial charge in [-0.25, -0.2) is 0 Å². The van der Waals surface area contributed by atoms with Gasteiger partial charge < -0.3 is 14.9 Å². The second-order valence-electron chi connectivity index (χ2n) is 7.13. The molecule has 2 rings (SSSR count). The highest BCUT2D eigenvalue weighted by Gasteiger charge is 2.47. The molecule has 136 valence electrons. The van der Waals surface area contributed by atoms with E-state index < -0.39 is 12.2 Å². The predicted molar refractivity (Wildman–Crippen MR) is 94.4 cm³/mol. The number of esters is 1. The largest absolute Gasteiger partial charge is 0.462 e. The maximum absolute atomic E-state index is 11.8. The topological polar surface area (TPSA) is 66.8 Å². The number of aliphatic hydroxyl groups is 2. The van der Waals surface area contributed by atoms with Crippen molar-refractivity contribution in [1.82, 2.24) is 0 Å². The van der Waals surface area contributed by atoms with Gasteiger partial charge in [-0.15, -0.1) is 0 Å². The van der Waals surface area contributed by atoms with E-state index in [1.807, 2.05) is 0 Å². The van der Waals surface area contributed by atoms with E-state index in [1.165, 1.54) is 0 Å². The quantitative estimate of drug-likeness (QED) is 0.404. The van der Waals surface area contributed by atoms with E-state index in [0.29, 0.717) is 6.42 Å². The van der Waals surface area contributed by atoms with E-state index in [1.54, 1.807) is 12.2 Å². The van der Waals surface area contributed by atoms with Gasteiger partial charge in [0.25, 0.3) is 0 Å². The number of rotatable bonds is 8. The van der Waals surface area contributed by atoms with Gasteiger partial charge >= 0.3 is 5.97 Å². The molecule has 0 unspecified atom stereocenters. The normalized spacial score (nSPS) is 31.6. The maximum atomic E-state index is 11.8. The third kappa shape index (κ3) is 6.40. The molecule has 24 heavy (non-hydrogen) atoms. The van der Waals surface area contributed by atoms with Gasteiger partial charge in [-0.2, -0.15) is 0 Å². The summed E-state index contributed by atoms with van der Waals surface area (Å²) in [5.74, 6) is 0.246. The lowest BCUT2D eigenvalue weighted by Gasteiger charge is -2.17. The van der Waals surface area contributed by atoms with Crippen LogP contribution in [0, 0.1) is 11.8 Å². The van der Waals surface area contributed by atoms with Crippen molar-refractivity contribution >= 4 is 5.97 Å². The third-order valence-corrected chi connectivity index (χ3v) is 5.01. The molecule has 2 aliphatic rings. The number of cyclic esters (lactones) is 1. The van der Waals surface area contributed by atoms with Gasteiger partial charge in [-0.05, 0) is 31.6 Å². The van der Waals surface area contributed by atoms with Crippen molar-refractivity contribution in [3.8, 4) is 0 Å². The molecule has 1 aliphatic carbocycles. The summed E-state index contributed by atoms with van der Waals surface area (Å²) >= 11 is 0. The number of aliphatic hydroxyl groups excluding tert-OH is 2. The summed E-state index contributed by atoms with van der Waals surface area (Å²) in [7, 11) is 0. The molecular weight excluding hydrogens is 304 g/mol. The first-order valence-electron chi connectivity index (χ1n) is 9.50. The van der Waals surface area contributed by atoms with Gasteiger partial charge in [0, 0.05) is 18.8 Å². The van der Waals surface area contributed by atoms with Crippen LogP contribution in [0.4, 0.5) is 0 Å². The van der Waals surface area contributed by atoms with Crippen LogP contribution in [-0.2, 0) is 9.53 Å². The van der Waals surface area contributed by atoms with Gasteiger partial charge in [-0.1, -0.05) is 50.5 Å². The predicted octanol–water partition coefficient (Wildman–Crippen LogP) is 3.52. The Morgan fingerprint density at radius 3 is 2.92 bits per heavy atom. The van der Waals surface area contributed by atoms with E-state index in [9.17, 15) is 15.0 Å². The molecule has 0 amide bonds. The van der Waals surface area contributed by atoms with Crippen LogP contribution >= 0.6 is 0 Å². The van der Waals surface area contributed by atoms with Crippen LogP contribution in [0.25, 0.3) is 0 Å². The SMILES string of the molecule is CCCCC[C@@H](O)/C=C/[C@H](O)[C@@H]1C[C@H]1[C@@H]1C/C=C\CCCC(=O)O1. The zero-order valence-electron chi connectivity index (χ0n) is 14.8. The average Bonchev–Trinajstić information content (AvgIpc) is 3.34. The Balaban J connectivity index is 1.78. The Morgan fingerprint density at radius 2 is 2.12 bits per heavy atom. The maximum Gasteiger partial charge on any atom is 0.306 e. The molecule has 1 aliphatic heterocycles. The molecule has 1 heterocycles. The number of allylic oxidation sites excluding steroid dienone is 1. The molecule has 4 heteroatoms.